The number of hydrogen-bond acceptors (Lipinski definition) is 0. The van der Waals surface area contributed by atoms with E-state index in [0.717, 1.165) is 11.1 Å². The molecule has 1 heteroatoms. The number of allylic oxidation sites excluding steroid dienone is 3. The summed E-state index contributed by atoms with van der Waals surface area (Å²) < 4.78 is 0. The quantitative estimate of drug-likeness (QED) is 0.211. The Balaban J connectivity index is 0.000000333. The summed E-state index contributed by atoms with van der Waals surface area (Å²) in [5.41, 5.74) is 4.67. The Morgan fingerprint density at radius 3 is 1.57 bits per heavy atom. The normalized spacial score (nSPS) is 9.60. The first-order valence-corrected chi connectivity index (χ1v) is 9.82. The molecule has 0 saturated carbocycles. The van der Waals surface area contributed by atoms with Crippen molar-refractivity contribution in [3.63, 3.8) is 0 Å². The van der Waals surface area contributed by atoms with Crippen LogP contribution in [0.4, 0.5) is 0 Å². The van der Waals surface area contributed by atoms with Crippen LogP contribution in [0.1, 0.15) is 25.0 Å². The van der Waals surface area contributed by atoms with Crippen molar-refractivity contribution in [1.82, 2.24) is 0 Å². The van der Waals surface area contributed by atoms with Gasteiger partial charge in [-0.15, -0.1) is 31.5 Å². The molecule has 0 atom stereocenters. The molecular formula is C29H28Zr. The van der Waals surface area contributed by atoms with Crippen LogP contribution in [-0.4, -0.2) is 0 Å². The summed E-state index contributed by atoms with van der Waals surface area (Å²) in [7, 11) is 0. The van der Waals surface area contributed by atoms with E-state index in [4.69, 9.17) is 0 Å². The van der Waals surface area contributed by atoms with Gasteiger partial charge in [0.2, 0.25) is 0 Å². The third-order valence-electron chi connectivity index (χ3n) is 3.83. The molecule has 0 heterocycles. The summed E-state index contributed by atoms with van der Waals surface area (Å²) in [6.07, 6.45) is 7.71. The summed E-state index contributed by atoms with van der Waals surface area (Å²) in [6.45, 7) is 4.20. The zero-order chi connectivity index (χ0) is 20.6. The van der Waals surface area contributed by atoms with E-state index in [1.807, 2.05) is 84.9 Å². The maximum atomic E-state index is 3.47. The molecule has 0 aliphatic carbocycles. The minimum absolute atomic E-state index is 0. The molecule has 0 spiro atoms. The van der Waals surface area contributed by atoms with Gasteiger partial charge in [-0.25, -0.2) is 42.3 Å². The van der Waals surface area contributed by atoms with Crippen molar-refractivity contribution in [3.8, 4) is 0 Å². The molecule has 0 N–H and O–H groups in total. The van der Waals surface area contributed by atoms with Crippen molar-refractivity contribution < 1.29 is 26.2 Å². The molecule has 0 amide bonds. The molecule has 0 radical (unpaired) electrons. The van der Waals surface area contributed by atoms with Crippen molar-refractivity contribution in [2.45, 2.75) is 13.8 Å². The predicted octanol–water partition coefficient (Wildman–Crippen LogP) is 7.90. The summed E-state index contributed by atoms with van der Waals surface area (Å²) >= 11 is 0. The summed E-state index contributed by atoms with van der Waals surface area (Å²) in [4.78, 5) is 0. The maximum absolute atomic E-state index is 3.47. The Kier molecular flexibility index (Phi) is 13.7. The fourth-order valence-corrected chi connectivity index (χ4v) is 2.40. The molecule has 148 valence electrons. The Morgan fingerprint density at radius 1 is 0.700 bits per heavy atom. The third-order valence-corrected chi connectivity index (χ3v) is 3.83. The predicted molar refractivity (Wildman–Crippen MR) is 126 cm³/mol. The average Bonchev–Trinajstić information content (AvgIpc) is 3.51. The van der Waals surface area contributed by atoms with Gasteiger partial charge in [0.05, 0.1) is 0 Å². The monoisotopic (exact) mass is 466 g/mol. The van der Waals surface area contributed by atoms with Crippen LogP contribution in [0.15, 0.2) is 133 Å². The van der Waals surface area contributed by atoms with Gasteiger partial charge in [0.25, 0.3) is 0 Å². The molecule has 0 bridgehead atoms. The van der Waals surface area contributed by atoms with Gasteiger partial charge in [0, 0.05) is 0 Å². The molecule has 0 aromatic heterocycles. The van der Waals surface area contributed by atoms with Crippen LogP contribution >= 0.6 is 0 Å². The van der Waals surface area contributed by atoms with Crippen LogP contribution in [0.5, 0.6) is 0 Å². The smallest absolute Gasteiger partial charge is 0.274 e. The van der Waals surface area contributed by atoms with Crippen LogP contribution in [0, 0.1) is 12.5 Å². The Hall–Kier alpha value is -2.63. The SMILES string of the molecule is CC(C)=C[CH-]C(=[C-]c1ccccc1)c1ccccc1.[Zr+4].c1cc[cH-]c1.c1cc[cH-]c1. The van der Waals surface area contributed by atoms with Gasteiger partial charge in [-0.3, -0.25) is 11.6 Å². The van der Waals surface area contributed by atoms with E-state index in [9.17, 15) is 0 Å². The standard InChI is InChI=1S/C19H18.2C5H5.Zr/c1-16(2)13-14-19(18-11-7-4-8-12-18)15-17-9-5-3-6-10-17;2*1-2-4-5-3-1;/h3-14H,1-2H3;2*1-5H;/q-2;2*-1;+4. The number of rotatable bonds is 4. The van der Waals surface area contributed by atoms with E-state index < -0.39 is 0 Å². The molecular weight excluding hydrogens is 440 g/mol. The summed E-state index contributed by atoms with van der Waals surface area (Å²) in [5.74, 6) is 0. The van der Waals surface area contributed by atoms with Gasteiger partial charge >= 0.3 is 26.2 Å². The van der Waals surface area contributed by atoms with Gasteiger partial charge < -0.3 is 0 Å². The molecule has 30 heavy (non-hydrogen) atoms. The molecule has 4 rings (SSSR count). The summed E-state index contributed by atoms with van der Waals surface area (Å²) in [5, 5.41) is 0. The molecule has 0 aliphatic rings. The van der Waals surface area contributed by atoms with E-state index in [1.54, 1.807) is 0 Å². The second-order valence-electron chi connectivity index (χ2n) is 6.61. The first-order chi connectivity index (χ1) is 14.3. The topological polar surface area (TPSA) is 0 Å². The first kappa shape index (κ1) is 25.4. The van der Waals surface area contributed by atoms with Crippen molar-refractivity contribution in [1.29, 1.82) is 0 Å². The van der Waals surface area contributed by atoms with Crippen molar-refractivity contribution in [2.75, 3.05) is 0 Å². The minimum atomic E-state index is 0. The fraction of sp³-hybridized carbons (Fsp3) is 0.0690. The van der Waals surface area contributed by atoms with Crippen molar-refractivity contribution in [2.24, 2.45) is 0 Å². The molecule has 4 aromatic carbocycles. The molecule has 0 aliphatic heterocycles. The van der Waals surface area contributed by atoms with E-state index in [1.165, 1.54) is 11.1 Å². The Bertz CT molecular complexity index is 848. The molecule has 0 unspecified atom stereocenters. The molecule has 4 aromatic rings. The summed E-state index contributed by atoms with van der Waals surface area (Å²) in [6, 6.07) is 40.6. The van der Waals surface area contributed by atoms with E-state index >= 15 is 0 Å². The van der Waals surface area contributed by atoms with Gasteiger partial charge in [0.15, 0.2) is 0 Å². The number of hydrogen-bond donors (Lipinski definition) is 0. The Labute approximate surface area is 201 Å². The third kappa shape index (κ3) is 11.4. The average molecular weight is 468 g/mol. The van der Waals surface area contributed by atoms with Gasteiger partial charge in [-0.1, -0.05) is 48.5 Å². The van der Waals surface area contributed by atoms with Gasteiger partial charge in [0.1, 0.15) is 0 Å². The van der Waals surface area contributed by atoms with Crippen LogP contribution < -0.4 is 0 Å². The van der Waals surface area contributed by atoms with Crippen molar-refractivity contribution >= 4 is 5.57 Å². The van der Waals surface area contributed by atoms with Crippen LogP contribution in [0.2, 0.25) is 0 Å². The second kappa shape index (κ2) is 16.2. The van der Waals surface area contributed by atoms with E-state index in [2.05, 4.69) is 68.8 Å². The maximum Gasteiger partial charge on any atom is 4.00 e. The van der Waals surface area contributed by atoms with Gasteiger partial charge in [-0.2, -0.15) is 42.0 Å². The number of benzene rings is 2. The van der Waals surface area contributed by atoms with Gasteiger partial charge in [-0.05, 0) is 0 Å². The van der Waals surface area contributed by atoms with Crippen LogP contribution in [-0.2, 0) is 26.2 Å². The zero-order valence-corrected chi connectivity index (χ0v) is 20.2. The Morgan fingerprint density at radius 2 is 1.17 bits per heavy atom. The fourth-order valence-electron chi connectivity index (χ4n) is 2.40. The largest absolute Gasteiger partial charge is 4.00 e. The molecule has 0 nitrogen and oxygen atoms in total. The minimum Gasteiger partial charge on any atom is -0.274 e. The van der Waals surface area contributed by atoms with E-state index in [-0.39, 0.29) is 26.2 Å². The van der Waals surface area contributed by atoms with Crippen LogP contribution in [0.25, 0.3) is 5.57 Å². The zero-order valence-electron chi connectivity index (χ0n) is 17.7. The van der Waals surface area contributed by atoms with E-state index in [0.29, 0.717) is 0 Å². The van der Waals surface area contributed by atoms with Crippen molar-refractivity contribution in [3.05, 3.63) is 157 Å². The molecule has 0 saturated heterocycles. The second-order valence-corrected chi connectivity index (χ2v) is 6.61. The van der Waals surface area contributed by atoms with Crippen LogP contribution in [0.3, 0.4) is 0 Å². The molecule has 0 fully saturated rings. The first-order valence-electron chi connectivity index (χ1n) is 9.82.